The van der Waals surface area contributed by atoms with E-state index < -0.39 is 0 Å². The topological polar surface area (TPSA) is 38.3 Å². The highest BCUT2D eigenvalue weighted by Crippen LogP contribution is 2.23. The van der Waals surface area contributed by atoms with Gasteiger partial charge < -0.3 is 10.1 Å². The molecule has 0 saturated heterocycles. The molecular weight excluding hydrogens is 282 g/mol. The maximum Gasteiger partial charge on any atom is 0.261 e. The van der Waals surface area contributed by atoms with Crippen molar-refractivity contribution in [3.05, 3.63) is 51.2 Å². The molecule has 2 aromatic rings. The standard InChI is InChI=1S/C14H14ClNO2S/c1-9(10-3-5-11(18-2)6-4-10)16-14(17)12-7-8-13(15)19-12/h3-9H,1-2H3,(H,16,17)/t9-/m1/s1. The van der Waals surface area contributed by atoms with Crippen molar-refractivity contribution in [2.45, 2.75) is 13.0 Å². The lowest BCUT2D eigenvalue weighted by Crippen LogP contribution is -2.25. The van der Waals surface area contributed by atoms with E-state index in [0.717, 1.165) is 11.3 Å². The van der Waals surface area contributed by atoms with Gasteiger partial charge in [0.05, 0.1) is 22.4 Å². The Morgan fingerprint density at radius 3 is 2.47 bits per heavy atom. The van der Waals surface area contributed by atoms with Crippen molar-refractivity contribution >= 4 is 28.8 Å². The third kappa shape index (κ3) is 3.49. The van der Waals surface area contributed by atoms with E-state index in [2.05, 4.69) is 5.32 Å². The molecule has 0 unspecified atom stereocenters. The van der Waals surface area contributed by atoms with E-state index >= 15 is 0 Å². The first-order valence-electron chi connectivity index (χ1n) is 5.80. The number of methoxy groups -OCH3 is 1. The molecule has 3 nitrogen and oxygen atoms in total. The first-order chi connectivity index (χ1) is 9.10. The summed E-state index contributed by atoms with van der Waals surface area (Å²) < 4.78 is 5.71. The van der Waals surface area contributed by atoms with Gasteiger partial charge in [0.25, 0.3) is 5.91 Å². The molecule has 1 aromatic heterocycles. The summed E-state index contributed by atoms with van der Waals surface area (Å²) in [4.78, 5) is 12.6. The molecule has 1 atom stereocenters. The number of hydrogen-bond acceptors (Lipinski definition) is 3. The molecule has 5 heteroatoms. The molecule has 0 radical (unpaired) electrons. The van der Waals surface area contributed by atoms with Crippen LogP contribution in [-0.4, -0.2) is 13.0 Å². The molecule has 100 valence electrons. The number of carbonyl (C=O) groups excluding carboxylic acids is 1. The maximum absolute atomic E-state index is 12.0. The van der Waals surface area contributed by atoms with Gasteiger partial charge in [-0.05, 0) is 36.8 Å². The fourth-order valence-electron chi connectivity index (χ4n) is 1.68. The minimum absolute atomic E-state index is 0.0701. The Hall–Kier alpha value is -1.52. The second kappa shape index (κ2) is 6.08. The predicted molar refractivity (Wildman–Crippen MR) is 78.2 cm³/mol. The monoisotopic (exact) mass is 295 g/mol. The highest BCUT2D eigenvalue weighted by atomic mass is 35.5. The second-order valence-corrected chi connectivity index (χ2v) is 5.79. The third-order valence-electron chi connectivity index (χ3n) is 2.76. The highest BCUT2D eigenvalue weighted by molar-refractivity contribution is 7.17. The van der Waals surface area contributed by atoms with Gasteiger partial charge in [-0.1, -0.05) is 23.7 Å². The van der Waals surface area contributed by atoms with Crippen LogP contribution >= 0.6 is 22.9 Å². The van der Waals surface area contributed by atoms with Crippen molar-refractivity contribution in [1.29, 1.82) is 0 Å². The fraction of sp³-hybridized carbons (Fsp3) is 0.214. The predicted octanol–water partition coefficient (Wildman–Crippen LogP) is 3.90. The molecule has 0 saturated carbocycles. The number of thiophene rings is 1. The summed E-state index contributed by atoms with van der Waals surface area (Å²) in [5.41, 5.74) is 1.02. The number of benzene rings is 1. The highest BCUT2D eigenvalue weighted by Gasteiger charge is 2.13. The number of nitrogens with one attached hydrogen (secondary N) is 1. The van der Waals surface area contributed by atoms with Crippen LogP contribution in [0.2, 0.25) is 4.34 Å². The molecule has 1 aromatic carbocycles. The average molecular weight is 296 g/mol. The lowest BCUT2D eigenvalue weighted by Gasteiger charge is -2.14. The molecule has 0 fully saturated rings. The number of ether oxygens (including phenoxy) is 1. The first kappa shape index (κ1) is 13.9. The van der Waals surface area contributed by atoms with E-state index in [-0.39, 0.29) is 11.9 Å². The van der Waals surface area contributed by atoms with E-state index in [1.807, 2.05) is 31.2 Å². The van der Waals surface area contributed by atoms with Crippen LogP contribution in [0.4, 0.5) is 0 Å². The SMILES string of the molecule is COc1ccc([C@@H](C)NC(=O)c2ccc(Cl)s2)cc1. The Morgan fingerprint density at radius 1 is 1.26 bits per heavy atom. The first-order valence-corrected chi connectivity index (χ1v) is 6.99. The van der Waals surface area contributed by atoms with Gasteiger partial charge in [-0.15, -0.1) is 11.3 Å². The molecule has 1 amide bonds. The van der Waals surface area contributed by atoms with Gasteiger partial charge in [-0.2, -0.15) is 0 Å². The van der Waals surface area contributed by atoms with Crippen molar-refractivity contribution in [3.63, 3.8) is 0 Å². The Balaban J connectivity index is 2.03. The summed E-state index contributed by atoms with van der Waals surface area (Å²) in [5, 5.41) is 2.94. The smallest absolute Gasteiger partial charge is 0.261 e. The number of carbonyl (C=O) groups is 1. The Bertz CT molecular complexity index is 565. The zero-order chi connectivity index (χ0) is 13.8. The Morgan fingerprint density at radius 2 is 1.95 bits per heavy atom. The molecule has 1 N–H and O–H groups in total. The molecular formula is C14H14ClNO2S. The molecule has 0 spiro atoms. The lowest BCUT2D eigenvalue weighted by atomic mass is 10.1. The van der Waals surface area contributed by atoms with E-state index in [9.17, 15) is 4.79 Å². The summed E-state index contributed by atoms with van der Waals surface area (Å²) in [6, 6.07) is 11.0. The van der Waals surface area contributed by atoms with Crippen molar-refractivity contribution in [3.8, 4) is 5.75 Å². The van der Waals surface area contributed by atoms with Gasteiger partial charge in [0, 0.05) is 0 Å². The van der Waals surface area contributed by atoms with E-state index in [0.29, 0.717) is 9.21 Å². The van der Waals surface area contributed by atoms with Crippen molar-refractivity contribution in [1.82, 2.24) is 5.32 Å². The number of amides is 1. The van der Waals surface area contributed by atoms with Crippen molar-refractivity contribution in [2.24, 2.45) is 0 Å². The van der Waals surface area contributed by atoms with Crippen LogP contribution in [-0.2, 0) is 0 Å². The summed E-state index contributed by atoms with van der Waals surface area (Å²) in [6.07, 6.45) is 0. The molecule has 1 heterocycles. The van der Waals surface area contributed by atoms with Gasteiger partial charge in [0.2, 0.25) is 0 Å². The summed E-state index contributed by atoms with van der Waals surface area (Å²) in [7, 11) is 1.63. The van der Waals surface area contributed by atoms with Crippen LogP contribution in [0.5, 0.6) is 5.75 Å². The van der Waals surface area contributed by atoms with E-state index in [1.165, 1.54) is 11.3 Å². The average Bonchev–Trinajstić information content (AvgIpc) is 2.85. The minimum atomic E-state index is -0.111. The molecule has 0 aliphatic heterocycles. The quantitative estimate of drug-likeness (QED) is 0.929. The zero-order valence-corrected chi connectivity index (χ0v) is 12.2. The summed E-state index contributed by atoms with van der Waals surface area (Å²) >= 11 is 7.09. The molecule has 0 aliphatic rings. The second-order valence-electron chi connectivity index (χ2n) is 4.07. The normalized spacial score (nSPS) is 11.9. The van der Waals surface area contributed by atoms with Crippen molar-refractivity contribution in [2.75, 3.05) is 7.11 Å². The minimum Gasteiger partial charge on any atom is -0.497 e. The van der Waals surface area contributed by atoms with Gasteiger partial charge in [-0.25, -0.2) is 0 Å². The Labute approximate surface area is 121 Å². The molecule has 0 bridgehead atoms. The van der Waals surface area contributed by atoms with Gasteiger partial charge in [0.1, 0.15) is 5.75 Å². The van der Waals surface area contributed by atoms with E-state index in [1.54, 1.807) is 19.2 Å². The third-order valence-corrected chi connectivity index (χ3v) is 3.99. The van der Waals surface area contributed by atoms with Crippen LogP contribution < -0.4 is 10.1 Å². The van der Waals surface area contributed by atoms with Gasteiger partial charge in [-0.3, -0.25) is 4.79 Å². The maximum atomic E-state index is 12.0. The van der Waals surface area contributed by atoms with Gasteiger partial charge >= 0.3 is 0 Å². The zero-order valence-electron chi connectivity index (χ0n) is 10.6. The van der Waals surface area contributed by atoms with Crippen molar-refractivity contribution < 1.29 is 9.53 Å². The molecule has 2 rings (SSSR count). The van der Waals surface area contributed by atoms with Crippen LogP contribution in [0, 0.1) is 0 Å². The van der Waals surface area contributed by atoms with Gasteiger partial charge in [0.15, 0.2) is 0 Å². The Kier molecular flexibility index (Phi) is 4.45. The molecule has 19 heavy (non-hydrogen) atoms. The number of rotatable bonds is 4. The van der Waals surface area contributed by atoms with Crippen LogP contribution in [0.25, 0.3) is 0 Å². The summed E-state index contributed by atoms with van der Waals surface area (Å²) in [6.45, 7) is 1.94. The summed E-state index contributed by atoms with van der Waals surface area (Å²) in [5.74, 6) is 0.688. The largest absolute Gasteiger partial charge is 0.497 e. The number of hydrogen-bond donors (Lipinski definition) is 1. The van der Waals surface area contributed by atoms with Crippen LogP contribution in [0.15, 0.2) is 36.4 Å². The molecule has 0 aliphatic carbocycles. The van der Waals surface area contributed by atoms with E-state index in [4.69, 9.17) is 16.3 Å². The lowest BCUT2D eigenvalue weighted by molar-refractivity contribution is 0.0944. The van der Waals surface area contributed by atoms with Crippen LogP contribution in [0.1, 0.15) is 28.2 Å². The number of halogens is 1. The fourth-order valence-corrected chi connectivity index (χ4v) is 2.63. The van der Waals surface area contributed by atoms with Crippen LogP contribution in [0.3, 0.4) is 0 Å².